The van der Waals surface area contributed by atoms with Crippen molar-refractivity contribution in [2.45, 2.75) is 31.9 Å². The zero-order valence-electron chi connectivity index (χ0n) is 10.4. The summed E-state index contributed by atoms with van der Waals surface area (Å²) in [5, 5.41) is 11.5. The smallest absolute Gasteiger partial charge is 0.0672 e. The van der Waals surface area contributed by atoms with Gasteiger partial charge in [-0.05, 0) is 31.9 Å². The van der Waals surface area contributed by atoms with Crippen LogP contribution in [-0.2, 0) is 4.74 Å². The topological polar surface area (TPSA) is 76.0 Å². The Morgan fingerprint density at radius 1 is 1.50 bits per heavy atom. The number of hydrogen-bond donors (Lipinski definition) is 3. The standard InChI is InChI=1S/C13H18N4O/c1-8-4-10(2-3-18-8)16-13-6-12-9(5-11(13)14)7-15-17-12/h5-8,10,16H,2-4,14H2,1H3,(H,15,17). The van der Waals surface area contributed by atoms with E-state index < -0.39 is 0 Å². The molecule has 18 heavy (non-hydrogen) atoms. The van der Waals surface area contributed by atoms with Crippen molar-refractivity contribution < 1.29 is 4.74 Å². The first-order valence-electron chi connectivity index (χ1n) is 6.33. The first kappa shape index (κ1) is 11.3. The van der Waals surface area contributed by atoms with Crippen LogP contribution >= 0.6 is 0 Å². The molecule has 0 saturated carbocycles. The molecule has 96 valence electrons. The van der Waals surface area contributed by atoms with E-state index >= 15 is 0 Å². The van der Waals surface area contributed by atoms with Crippen molar-refractivity contribution in [3.8, 4) is 0 Å². The lowest BCUT2D eigenvalue weighted by Crippen LogP contribution is -2.32. The summed E-state index contributed by atoms with van der Waals surface area (Å²) in [4.78, 5) is 0. The van der Waals surface area contributed by atoms with Crippen LogP contribution in [0.4, 0.5) is 11.4 Å². The minimum Gasteiger partial charge on any atom is -0.397 e. The van der Waals surface area contributed by atoms with Crippen LogP contribution < -0.4 is 11.1 Å². The maximum Gasteiger partial charge on any atom is 0.0672 e. The van der Waals surface area contributed by atoms with Gasteiger partial charge in [-0.1, -0.05) is 0 Å². The Labute approximate surface area is 106 Å². The van der Waals surface area contributed by atoms with E-state index in [-0.39, 0.29) is 0 Å². The average molecular weight is 246 g/mol. The largest absolute Gasteiger partial charge is 0.397 e. The number of nitrogen functional groups attached to an aromatic ring is 1. The van der Waals surface area contributed by atoms with Gasteiger partial charge >= 0.3 is 0 Å². The van der Waals surface area contributed by atoms with Crippen LogP contribution in [0.1, 0.15) is 19.8 Å². The lowest BCUT2D eigenvalue weighted by atomic mass is 10.0. The highest BCUT2D eigenvalue weighted by atomic mass is 16.5. The molecule has 1 fully saturated rings. The second-order valence-corrected chi connectivity index (χ2v) is 4.94. The highest BCUT2D eigenvalue weighted by Crippen LogP contribution is 2.27. The number of fused-ring (bicyclic) bond motifs is 1. The number of benzene rings is 1. The van der Waals surface area contributed by atoms with Gasteiger partial charge in [-0.15, -0.1) is 0 Å². The number of ether oxygens (including phenoxy) is 1. The number of nitrogens with zero attached hydrogens (tertiary/aromatic N) is 1. The average Bonchev–Trinajstić information content (AvgIpc) is 2.76. The summed E-state index contributed by atoms with van der Waals surface area (Å²) in [6.45, 7) is 2.92. The van der Waals surface area contributed by atoms with Crippen molar-refractivity contribution in [3.05, 3.63) is 18.3 Å². The molecule has 1 aromatic carbocycles. The van der Waals surface area contributed by atoms with Gasteiger partial charge in [0, 0.05) is 18.0 Å². The van der Waals surface area contributed by atoms with Gasteiger partial charge < -0.3 is 15.8 Å². The third kappa shape index (κ3) is 2.13. The molecule has 0 radical (unpaired) electrons. The van der Waals surface area contributed by atoms with Crippen LogP contribution in [0.15, 0.2) is 18.3 Å². The molecule has 2 unspecified atom stereocenters. The fraction of sp³-hybridized carbons (Fsp3) is 0.462. The van der Waals surface area contributed by atoms with E-state index in [1.54, 1.807) is 6.20 Å². The van der Waals surface area contributed by atoms with Gasteiger partial charge in [0.25, 0.3) is 0 Å². The second kappa shape index (κ2) is 4.49. The highest BCUT2D eigenvalue weighted by Gasteiger charge is 2.19. The minimum atomic E-state index is 0.313. The molecular weight excluding hydrogens is 228 g/mol. The zero-order valence-corrected chi connectivity index (χ0v) is 10.4. The molecule has 2 atom stereocenters. The van der Waals surface area contributed by atoms with Crippen LogP contribution in [0.3, 0.4) is 0 Å². The molecule has 0 bridgehead atoms. The second-order valence-electron chi connectivity index (χ2n) is 4.94. The van der Waals surface area contributed by atoms with Crippen molar-refractivity contribution in [2.24, 2.45) is 0 Å². The molecule has 5 nitrogen and oxygen atoms in total. The number of anilines is 2. The Balaban J connectivity index is 1.82. The molecule has 0 spiro atoms. The maximum absolute atomic E-state index is 6.06. The Bertz CT molecular complexity index is 551. The van der Waals surface area contributed by atoms with Crippen LogP contribution in [0.2, 0.25) is 0 Å². The number of nitrogens with two attached hydrogens (primary N) is 1. The summed E-state index contributed by atoms with van der Waals surface area (Å²) in [6, 6.07) is 4.40. The van der Waals surface area contributed by atoms with E-state index in [4.69, 9.17) is 10.5 Å². The van der Waals surface area contributed by atoms with Crippen molar-refractivity contribution in [1.29, 1.82) is 0 Å². The van der Waals surface area contributed by atoms with Gasteiger partial charge in [-0.3, -0.25) is 5.10 Å². The summed E-state index contributed by atoms with van der Waals surface area (Å²) in [7, 11) is 0. The summed E-state index contributed by atoms with van der Waals surface area (Å²) < 4.78 is 5.55. The summed E-state index contributed by atoms with van der Waals surface area (Å²) in [6.07, 6.45) is 4.13. The van der Waals surface area contributed by atoms with Gasteiger partial charge in [0.05, 0.1) is 29.2 Å². The van der Waals surface area contributed by atoms with Crippen molar-refractivity contribution in [3.63, 3.8) is 0 Å². The Morgan fingerprint density at radius 2 is 2.39 bits per heavy atom. The van der Waals surface area contributed by atoms with Gasteiger partial charge in [-0.2, -0.15) is 5.10 Å². The highest BCUT2D eigenvalue weighted by molar-refractivity contribution is 5.88. The minimum absolute atomic E-state index is 0.313. The van der Waals surface area contributed by atoms with Gasteiger partial charge in [0.1, 0.15) is 0 Å². The molecule has 1 aliphatic rings. The summed E-state index contributed by atoms with van der Waals surface area (Å²) >= 11 is 0. The maximum atomic E-state index is 6.06. The SMILES string of the molecule is CC1CC(Nc2cc3[nH]ncc3cc2N)CCO1. The molecule has 2 aromatic rings. The van der Waals surface area contributed by atoms with E-state index in [0.717, 1.165) is 41.7 Å². The first-order chi connectivity index (χ1) is 8.72. The molecule has 1 saturated heterocycles. The fourth-order valence-electron chi connectivity index (χ4n) is 2.48. The Hall–Kier alpha value is -1.75. The van der Waals surface area contributed by atoms with Crippen molar-refractivity contribution >= 4 is 22.3 Å². The number of hydrogen-bond acceptors (Lipinski definition) is 4. The number of nitrogens with one attached hydrogen (secondary N) is 2. The molecular formula is C13H18N4O. The van der Waals surface area contributed by atoms with E-state index in [1.807, 2.05) is 12.1 Å². The molecule has 2 heterocycles. The van der Waals surface area contributed by atoms with E-state index in [2.05, 4.69) is 22.4 Å². The number of rotatable bonds is 2. The summed E-state index contributed by atoms with van der Waals surface area (Å²) in [5.41, 5.74) is 8.81. The number of aromatic amines is 1. The molecule has 0 aliphatic carbocycles. The fourth-order valence-corrected chi connectivity index (χ4v) is 2.48. The number of aromatic nitrogens is 2. The van der Waals surface area contributed by atoms with E-state index in [1.165, 1.54) is 0 Å². The zero-order chi connectivity index (χ0) is 12.5. The van der Waals surface area contributed by atoms with E-state index in [0.29, 0.717) is 12.1 Å². The Morgan fingerprint density at radius 3 is 3.22 bits per heavy atom. The third-order valence-electron chi connectivity index (χ3n) is 3.46. The molecule has 4 N–H and O–H groups in total. The first-order valence-corrected chi connectivity index (χ1v) is 6.33. The van der Waals surface area contributed by atoms with Crippen LogP contribution in [-0.4, -0.2) is 29.0 Å². The van der Waals surface area contributed by atoms with Crippen molar-refractivity contribution in [1.82, 2.24) is 10.2 Å². The molecule has 0 amide bonds. The molecule has 1 aliphatic heterocycles. The van der Waals surface area contributed by atoms with Gasteiger partial charge in [-0.25, -0.2) is 0 Å². The van der Waals surface area contributed by atoms with Crippen LogP contribution in [0.25, 0.3) is 10.9 Å². The van der Waals surface area contributed by atoms with Crippen molar-refractivity contribution in [2.75, 3.05) is 17.7 Å². The predicted molar refractivity (Wildman–Crippen MR) is 72.6 cm³/mol. The quantitative estimate of drug-likeness (QED) is 0.709. The van der Waals surface area contributed by atoms with Gasteiger partial charge in [0.2, 0.25) is 0 Å². The number of H-pyrrole nitrogens is 1. The predicted octanol–water partition coefficient (Wildman–Crippen LogP) is 2.12. The van der Waals surface area contributed by atoms with E-state index in [9.17, 15) is 0 Å². The lowest BCUT2D eigenvalue weighted by Gasteiger charge is -2.29. The third-order valence-corrected chi connectivity index (χ3v) is 3.46. The molecule has 5 heteroatoms. The lowest BCUT2D eigenvalue weighted by molar-refractivity contribution is 0.0232. The van der Waals surface area contributed by atoms with Crippen LogP contribution in [0.5, 0.6) is 0 Å². The van der Waals surface area contributed by atoms with Crippen LogP contribution in [0, 0.1) is 0 Å². The van der Waals surface area contributed by atoms with Gasteiger partial charge in [0.15, 0.2) is 0 Å². The molecule has 3 rings (SSSR count). The monoisotopic (exact) mass is 246 g/mol. The molecule has 1 aromatic heterocycles. The summed E-state index contributed by atoms with van der Waals surface area (Å²) in [5.74, 6) is 0. The Kier molecular flexibility index (Phi) is 2.83. The normalized spacial score (nSPS) is 24.3.